The molecule has 17 heteroatoms. The Labute approximate surface area is 449 Å². The zero-order valence-electron chi connectivity index (χ0n) is 45.0. The molecular weight excluding hydrogens is 988 g/mol. The Balaban J connectivity index is 1.03. The third-order valence-electron chi connectivity index (χ3n) is 14.2. The number of thioether (sulfide) groups is 1. The molecule has 402 valence electrons. The number of urea groups is 1. The van der Waals surface area contributed by atoms with Crippen molar-refractivity contribution in [1.82, 2.24) is 25.1 Å². The van der Waals surface area contributed by atoms with Gasteiger partial charge in [-0.2, -0.15) is 11.8 Å². The third-order valence-corrected chi connectivity index (χ3v) is 17.9. The zero-order valence-corrected chi connectivity index (χ0v) is 46.7. The van der Waals surface area contributed by atoms with Gasteiger partial charge in [0.05, 0.1) is 51.6 Å². The SMILES string of the molecule is [C-]#[N+]CCOP(O[C@@H]1C[C@@H](COC(c2ccccc2)(c2ccc(OC)cc2)c2ccc(OC)cc2)N(C(=O)CNC(=O)CCCC[C@@H]2SC[C@H]3[C@@H]2NC(=O)N3C(=O)c2ccc(C(C)(C)C)cc2)C1)N(C(C)C)C(C)C. The van der Waals surface area contributed by atoms with Gasteiger partial charge in [-0.05, 0) is 111 Å². The number of fused-ring (bicyclic) bond motifs is 1. The fourth-order valence-electron chi connectivity index (χ4n) is 10.3. The number of carbonyl (C=O) groups is 4. The van der Waals surface area contributed by atoms with Crippen molar-refractivity contribution < 1.29 is 42.4 Å². The van der Waals surface area contributed by atoms with E-state index in [1.807, 2.05) is 91.0 Å². The summed E-state index contributed by atoms with van der Waals surface area (Å²) in [5.74, 6) is 1.26. The fraction of sp³-hybridized carbons (Fsp3) is 0.500. The van der Waals surface area contributed by atoms with E-state index in [1.54, 1.807) is 43.0 Å². The van der Waals surface area contributed by atoms with Gasteiger partial charge in [-0.1, -0.05) is 93.9 Å². The first kappa shape index (κ1) is 57.2. The Morgan fingerprint density at radius 1 is 0.853 bits per heavy atom. The van der Waals surface area contributed by atoms with Crippen molar-refractivity contribution in [3.8, 4) is 11.5 Å². The molecule has 75 heavy (non-hydrogen) atoms. The quantitative estimate of drug-likeness (QED) is 0.0227. The average Bonchev–Trinajstić information content (AvgIpc) is 4.10. The molecule has 7 rings (SSSR count). The number of ether oxygens (including phenoxy) is 3. The van der Waals surface area contributed by atoms with E-state index in [2.05, 4.69) is 68.6 Å². The van der Waals surface area contributed by atoms with Gasteiger partial charge in [0, 0.05) is 41.6 Å². The van der Waals surface area contributed by atoms with Crippen molar-refractivity contribution in [2.24, 2.45) is 0 Å². The molecule has 0 spiro atoms. The van der Waals surface area contributed by atoms with Crippen molar-refractivity contribution in [3.63, 3.8) is 0 Å². The van der Waals surface area contributed by atoms with Gasteiger partial charge in [0.15, 0.2) is 0 Å². The summed E-state index contributed by atoms with van der Waals surface area (Å²) in [4.78, 5) is 61.4. The van der Waals surface area contributed by atoms with Gasteiger partial charge in [-0.3, -0.25) is 19.3 Å². The number of benzene rings is 4. The van der Waals surface area contributed by atoms with E-state index >= 15 is 0 Å². The Hall–Kier alpha value is -5.53. The van der Waals surface area contributed by atoms with Crippen LogP contribution >= 0.6 is 20.3 Å². The number of nitrogens with zero attached hydrogens (tertiary/aromatic N) is 4. The molecule has 3 aliphatic heterocycles. The number of methoxy groups -OCH3 is 2. The minimum absolute atomic E-state index is 0.0536. The smallest absolute Gasteiger partial charge is 0.325 e. The van der Waals surface area contributed by atoms with E-state index in [0.29, 0.717) is 35.7 Å². The van der Waals surface area contributed by atoms with Crippen LogP contribution in [0, 0.1) is 6.57 Å². The summed E-state index contributed by atoms with van der Waals surface area (Å²) < 4.78 is 33.8. The summed E-state index contributed by atoms with van der Waals surface area (Å²) in [6.07, 6.45) is 2.33. The molecule has 3 saturated heterocycles. The maximum Gasteiger partial charge on any atom is 0.325 e. The lowest BCUT2D eigenvalue weighted by molar-refractivity contribution is -0.135. The van der Waals surface area contributed by atoms with E-state index in [1.165, 1.54) is 4.90 Å². The first-order chi connectivity index (χ1) is 36.0. The molecule has 5 amide bonds. The van der Waals surface area contributed by atoms with Gasteiger partial charge in [-0.15, -0.1) is 0 Å². The fourth-order valence-corrected chi connectivity index (χ4v) is 13.6. The highest BCUT2D eigenvalue weighted by Crippen LogP contribution is 2.49. The second kappa shape index (κ2) is 26.0. The molecule has 15 nitrogen and oxygen atoms in total. The Bertz CT molecular complexity index is 2520. The summed E-state index contributed by atoms with van der Waals surface area (Å²) in [5.41, 5.74) is 3.00. The summed E-state index contributed by atoms with van der Waals surface area (Å²) >= 11 is 1.75. The van der Waals surface area contributed by atoms with E-state index in [0.717, 1.165) is 35.1 Å². The second-order valence-electron chi connectivity index (χ2n) is 20.9. The Morgan fingerprint density at radius 2 is 1.45 bits per heavy atom. The molecule has 1 unspecified atom stereocenters. The predicted octanol–water partition coefficient (Wildman–Crippen LogP) is 9.97. The minimum atomic E-state index is -1.61. The van der Waals surface area contributed by atoms with Crippen LogP contribution in [0.3, 0.4) is 0 Å². The van der Waals surface area contributed by atoms with Crippen molar-refractivity contribution in [3.05, 3.63) is 142 Å². The largest absolute Gasteiger partial charge is 0.497 e. The van der Waals surface area contributed by atoms with Gasteiger partial charge in [-0.25, -0.2) is 16.0 Å². The van der Waals surface area contributed by atoms with Crippen LogP contribution in [0.25, 0.3) is 4.85 Å². The van der Waals surface area contributed by atoms with Crippen molar-refractivity contribution >= 4 is 44.0 Å². The number of unbranched alkanes of at least 4 members (excludes halogenated alkanes) is 1. The Kier molecular flexibility index (Phi) is 19.8. The van der Waals surface area contributed by atoms with Crippen LogP contribution in [-0.2, 0) is 34.4 Å². The highest BCUT2D eigenvalue weighted by atomic mass is 32.2. The Morgan fingerprint density at radius 3 is 2.03 bits per heavy atom. The van der Waals surface area contributed by atoms with Crippen LogP contribution in [0.4, 0.5) is 4.79 Å². The molecule has 0 aromatic heterocycles. The molecule has 3 fully saturated rings. The molecule has 4 aromatic carbocycles. The summed E-state index contributed by atoms with van der Waals surface area (Å²) in [5, 5.41) is 6.10. The number of likely N-dealkylation sites (tertiary alicyclic amines) is 1. The third kappa shape index (κ3) is 13.7. The predicted molar refractivity (Wildman–Crippen MR) is 295 cm³/mol. The molecular formula is C58H75N6O9PS. The van der Waals surface area contributed by atoms with Crippen LogP contribution in [0.5, 0.6) is 11.5 Å². The van der Waals surface area contributed by atoms with E-state index in [-0.39, 0.29) is 97.9 Å². The average molecular weight is 1060 g/mol. The van der Waals surface area contributed by atoms with Crippen LogP contribution in [0.2, 0.25) is 0 Å². The van der Waals surface area contributed by atoms with E-state index < -0.39 is 26.3 Å². The minimum Gasteiger partial charge on any atom is -0.497 e. The number of hydrogen-bond acceptors (Lipinski definition) is 11. The van der Waals surface area contributed by atoms with Crippen LogP contribution in [-0.4, -0.2) is 133 Å². The van der Waals surface area contributed by atoms with Crippen molar-refractivity contribution in [2.75, 3.05) is 52.8 Å². The molecule has 3 aliphatic rings. The normalized spacial score (nSPS) is 20.0. The molecule has 6 atom stereocenters. The maximum atomic E-state index is 14.5. The lowest BCUT2D eigenvalue weighted by Gasteiger charge is -2.38. The second-order valence-corrected chi connectivity index (χ2v) is 23.6. The molecule has 4 aromatic rings. The first-order valence-corrected chi connectivity index (χ1v) is 28.3. The first-order valence-electron chi connectivity index (χ1n) is 26.1. The lowest BCUT2D eigenvalue weighted by atomic mass is 9.80. The van der Waals surface area contributed by atoms with Gasteiger partial charge in [0.25, 0.3) is 14.4 Å². The van der Waals surface area contributed by atoms with Gasteiger partial charge >= 0.3 is 6.03 Å². The van der Waals surface area contributed by atoms with Gasteiger partial charge in [0.1, 0.15) is 23.7 Å². The standard InChI is InChI=1S/C58H75N6O9PS/c1-39(2)64(40(3)4)74(72-33-32-59-8)73-49-34-46(37-71-58(43-16-12-11-13-17-43,44-24-28-47(69-9)29-25-44)45-26-30-48(70-10)31-27-45)62(36-49)53(66)35-60-52(65)19-15-14-18-51-54-50(38-75-51)63(56(68)61-54)55(67)41-20-22-42(23-21-41)57(5,6)7/h11-13,16-17,20-31,39-40,46,49-51,54H,14-15,18-19,32-38H2,1-7,9-10H3,(H,60,65)(H,61,68)/t46-,49+,50-,51-,54-,74?/m0/s1. The number of nitrogens with one attached hydrogen (secondary N) is 2. The molecule has 2 N–H and O–H groups in total. The number of carbonyl (C=O) groups excluding carboxylic acids is 4. The van der Waals surface area contributed by atoms with E-state index in [4.69, 9.17) is 29.8 Å². The highest BCUT2D eigenvalue weighted by molar-refractivity contribution is 8.00. The number of imide groups is 1. The number of amides is 5. The van der Waals surface area contributed by atoms with Crippen molar-refractivity contribution in [2.45, 2.75) is 133 Å². The molecule has 0 bridgehead atoms. The maximum absolute atomic E-state index is 14.5. The summed E-state index contributed by atoms with van der Waals surface area (Å²) in [6, 6.07) is 32.1. The van der Waals surface area contributed by atoms with Gasteiger partial charge in [0.2, 0.25) is 18.4 Å². The molecule has 0 aliphatic carbocycles. The van der Waals surface area contributed by atoms with Crippen molar-refractivity contribution in [1.29, 1.82) is 0 Å². The number of rotatable bonds is 24. The van der Waals surface area contributed by atoms with Gasteiger partial charge < -0.3 is 43.6 Å². The van der Waals surface area contributed by atoms with E-state index in [9.17, 15) is 19.2 Å². The zero-order chi connectivity index (χ0) is 53.9. The molecule has 0 radical (unpaired) electrons. The molecule has 3 heterocycles. The van der Waals surface area contributed by atoms with Crippen LogP contribution in [0.1, 0.15) is 113 Å². The number of hydrogen-bond donors (Lipinski definition) is 2. The summed E-state index contributed by atoms with van der Waals surface area (Å²) in [6.45, 7) is 22.7. The summed E-state index contributed by atoms with van der Waals surface area (Å²) in [7, 11) is 1.65. The highest BCUT2D eigenvalue weighted by Gasteiger charge is 2.50. The lowest BCUT2D eigenvalue weighted by Crippen LogP contribution is -2.46. The topological polar surface area (TPSA) is 153 Å². The monoisotopic (exact) mass is 1060 g/mol. The van der Waals surface area contributed by atoms with Crippen LogP contribution in [0.15, 0.2) is 103 Å². The van der Waals surface area contributed by atoms with Crippen LogP contribution < -0.4 is 20.1 Å². The molecule has 0 saturated carbocycles.